The van der Waals surface area contributed by atoms with E-state index in [4.69, 9.17) is 19.9 Å². The van der Waals surface area contributed by atoms with Crippen LogP contribution in [0.2, 0.25) is 0 Å². The van der Waals surface area contributed by atoms with Gasteiger partial charge in [0.2, 0.25) is 18.2 Å². The molecular formula is C35H62N4O7. The summed E-state index contributed by atoms with van der Waals surface area (Å²) in [6.45, 7) is 13.1. The number of benzene rings is 1. The average Bonchev–Trinajstić information content (AvgIpc) is 3.55. The number of likely N-dealkylation sites (tertiary alicyclic amines) is 1. The Morgan fingerprint density at radius 3 is 2.11 bits per heavy atom. The van der Waals surface area contributed by atoms with Crippen molar-refractivity contribution >= 4 is 24.2 Å². The molecule has 1 saturated heterocycles. The molecule has 46 heavy (non-hydrogen) atoms. The molecule has 0 saturated carbocycles. The minimum Gasteiger partial charge on any atom is -0.467 e. The third kappa shape index (κ3) is 13.8. The van der Waals surface area contributed by atoms with Gasteiger partial charge in [0.15, 0.2) is 0 Å². The van der Waals surface area contributed by atoms with E-state index in [0.29, 0.717) is 18.9 Å². The lowest BCUT2D eigenvalue weighted by molar-refractivity contribution is -0.146. The Bertz CT molecular complexity index is 992. The van der Waals surface area contributed by atoms with Crippen LogP contribution in [0.1, 0.15) is 79.2 Å². The molecule has 1 aromatic rings. The van der Waals surface area contributed by atoms with E-state index in [-0.39, 0.29) is 36.5 Å². The van der Waals surface area contributed by atoms with Gasteiger partial charge in [0.25, 0.3) is 0 Å². The summed E-state index contributed by atoms with van der Waals surface area (Å²) < 4.78 is 15.9. The largest absolute Gasteiger partial charge is 0.467 e. The van der Waals surface area contributed by atoms with Crippen LogP contribution in [0.3, 0.4) is 0 Å². The minimum atomic E-state index is -0.782. The summed E-state index contributed by atoms with van der Waals surface area (Å²) in [7, 11) is 6.35. The van der Waals surface area contributed by atoms with Gasteiger partial charge in [-0.1, -0.05) is 84.7 Å². The number of rotatable bonds is 16. The number of hydrogen-bond donors (Lipinski definition) is 2. The summed E-state index contributed by atoms with van der Waals surface area (Å²) >= 11 is 0. The number of carbonyl (C=O) groups is 4. The van der Waals surface area contributed by atoms with Crippen molar-refractivity contribution < 1.29 is 33.4 Å². The van der Waals surface area contributed by atoms with E-state index >= 15 is 0 Å². The molecule has 7 unspecified atom stereocenters. The van der Waals surface area contributed by atoms with Crippen LogP contribution in [0.4, 0.5) is 0 Å². The van der Waals surface area contributed by atoms with Gasteiger partial charge in [0, 0.05) is 34.2 Å². The van der Waals surface area contributed by atoms with Gasteiger partial charge in [0.1, 0.15) is 6.04 Å². The van der Waals surface area contributed by atoms with Crippen molar-refractivity contribution in [3.63, 3.8) is 0 Å². The Balaban J connectivity index is 0.000000909. The smallest absolute Gasteiger partial charge is 0.328 e. The van der Waals surface area contributed by atoms with Gasteiger partial charge in [-0.3, -0.25) is 14.4 Å². The molecule has 0 radical (unpaired) electrons. The third-order valence-electron chi connectivity index (χ3n) is 8.45. The molecular weight excluding hydrogens is 588 g/mol. The van der Waals surface area contributed by atoms with Crippen LogP contribution >= 0.6 is 0 Å². The maximum atomic E-state index is 12.8. The zero-order valence-electron chi connectivity index (χ0n) is 30.0. The molecule has 0 spiro atoms. The van der Waals surface area contributed by atoms with Crippen LogP contribution < -0.4 is 11.1 Å². The Morgan fingerprint density at radius 2 is 1.65 bits per heavy atom. The van der Waals surface area contributed by atoms with Crippen molar-refractivity contribution in [2.24, 2.45) is 17.6 Å². The lowest BCUT2D eigenvalue weighted by atomic mass is 9.91. The summed E-state index contributed by atoms with van der Waals surface area (Å²) in [5.41, 5.74) is 6.33. The number of methoxy groups -OCH3 is 3. The molecule has 264 valence electrons. The normalized spacial score (nSPS) is 17.8. The van der Waals surface area contributed by atoms with Crippen molar-refractivity contribution in [1.29, 1.82) is 0 Å². The number of ether oxygens (including phenoxy) is 3. The highest BCUT2D eigenvalue weighted by Gasteiger charge is 2.38. The molecule has 1 aliphatic rings. The Kier molecular flexibility index (Phi) is 22.6. The van der Waals surface area contributed by atoms with Crippen molar-refractivity contribution in [1.82, 2.24) is 15.1 Å². The molecule has 11 nitrogen and oxygen atoms in total. The highest BCUT2D eigenvalue weighted by molar-refractivity contribution is 5.86. The standard InChI is InChI=1S/C20H28N2O5.C12H26N2O2.C3H8/c1-14(18(26-2)17-10-7-11-22(17)13-23)19(24)21-16(20(25)27-3)12-15-8-5-4-6-9-15;1-6-9(3)12(10(7-2)16-5)14(4)11(15)8-13;1-3-2/h4-6,8-9,13-14,16-18H,7,10-12H2,1-3H3,(H,21,24);9-10,12H,6-8,13H2,1-5H3;3H2,1-2H3. The van der Waals surface area contributed by atoms with Gasteiger partial charge in [-0.15, -0.1) is 0 Å². The number of carbonyl (C=O) groups excluding carboxylic acids is 4. The number of amides is 3. The van der Waals surface area contributed by atoms with Crippen LogP contribution in [0.5, 0.6) is 0 Å². The molecule has 0 bridgehead atoms. The van der Waals surface area contributed by atoms with Gasteiger partial charge in [0.05, 0.1) is 43.9 Å². The average molecular weight is 651 g/mol. The molecule has 1 aromatic carbocycles. The highest BCUT2D eigenvalue weighted by Crippen LogP contribution is 2.25. The molecule has 7 atom stereocenters. The van der Waals surface area contributed by atoms with Crippen LogP contribution in [-0.2, 0) is 39.8 Å². The van der Waals surface area contributed by atoms with Crippen LogP contribution in [0.15, 0.2) is 30.3 Å². The molecule has 0 aliphatic carbocycles. The summed E-state index contributed by atoms with van der Waals surface area (Å²) in [6, 6.07) is 8.62. The number of hydrogen-bond acceptors (Lipinski definition) is 8. The van der Waals surface area contributed by atoms with E-state index in [1.807, 2.05) is 37.4 Å². The monoisotopic (exact) mass is 650 g/mol. The number of esters is 1. The molecule has 1 heterocycles. The fourth-order valence-corrected chi connectivity index (χ4v) is 5.73. The minimum absolute atomic E-state index is 0.0270. The second-order valence-corrected chi connectivity index (χ2v) is 11.8. The lowest BCUT2D eigenvalue weighted by Crippen LogP contribution is -2.51. The van der Waals surface area contributed by atoms with E-state index in [0.717, 1.165) is 37.7 Å². The molecule has 1 fully saturated rings. The van der Waals surface area contributed by atoms with Crippen LogP contribution in [-0.4, -0.2) is 106 Å². The number of nitrogens with two attached hydrogens (primary N) is 1. The molecule has 3 amide bonds. The predicted octanol–water partition coefficient (Wildman–Crippen LogP) is 3.82. The fourth-order valence-electron chi connectivity index (χ4n) is 5.73. The quantitative estimate of drug-likeness (QED) is 0.203. The SMILES string of the molecule is CCC.CCC(C)C(C(CC)OC)N(C)C(=O)CN.COC(=O)C(Cc1ccccc1)NC(=O)C(C)C(OC)C1CCCN1C=O. The summed E-state index contributed by atoms with van der Waals surface area (Å²) in [5.74, 6) is -0.940. The lowest BCUT2D eigenvalue weighted by Gasteiger charge is -2.37. The molecule has 11 heteroatoms. The second-order valence-electron chi connectivity index (χ2n) is 11.8. The third-order valence-corrected chi connectivity index (χ3v) is 8.45. The maximum absolute atomic E-state index is 12.8. The van der Waals surface area contributed by atoms with Gasteiger partial charge in [-0.05, 0) is 30.7 Å². The summed E-state index contributed by atoms with van der Waals surface area (Å²) in [5, 5.41) is 2.79. The Morgan fingerprint density at radius 1 is 1.04 bits per heavy atom. The van der Waals surface area contributed by atoms with Gasteiger partial charge in [-0.2, -0.15) is 0 Å². The van der Waals surface area contributed by atoms with E-state index in [1.165, 1.54) is 20.6 Å². The molecule has 2 rings (SSSR count). The van der Waals surface area contributed by atoms with Gasteiger partial charge in [-0.25, -0.2) is 4.79 Å². The van der Waals surface area contributed by atoms with Crippen molar-refractivity contribution in [2.45, 2.75) is 110 Å². The first kappa shape index (κ1) is 43.0. The second kappa shape index (κ2) is 24.2. The predicted molar refractivity (Wildman–Crippen MR) is 182 cm³/mol. The van der Waals surface area contributed by atoms with E-state index < -0.39 is 24.0 Å². The van der Waals surface area contributed by atoms with E-state index in [2.05, 4.69) is 39.9 Å². The zero-order chi connectivity index (χ0) is 35.2. The number of nitrogens with zero attached hydrogens (tertiary/aromatic N) is 2. The number of nitrogens with one attached hydrogen (secondary N) is 1. The molecule has 1 aliphatic heterocycles. The highest BCUT2D eigenvalue weighted by atomic mass is 16.5. The van der Waals surface area contributed by atoms with Crippen LogP contribution in [0.25, 0.3) is 0 Å². The maximum Gasteiger partial charge on any atom is 0.328 e. The first-order chi connectivity index (χ1) is 22.0. The fraction of sp³-hybridized carbons (Fsp3) is 0.714. The summed E-state index contributed by atoms with van der Waals surface area (Å²) in [4.78, 5) is 51.3. The van der Waals surface area contributed by atoms with Gasteiger partial charge >= 0.3 is 5.97 Å². The first-order valence-electron chi connectivity index (χ1n) is 16.6. The van der Waals surface area contributed by atoms with E-state index in [9.17, 15) is 19.2 Å². The molecule has 0 aromatic heterocycles. The Hall–Kier alpha value is -3.02. The first-order valence-corrected chi connectivity index (χ1v) is 16.6. The van der Waals surface area contributed by atoms with Crippen molar-refractivity contribution in [3.05, 3.63) is 35.9 Å². The zero-order valence-corrected chi connectivity index (χ0v) is 30.0. The topological polar surface area (TPSA) is 140 Å². The summed E-state index contributed by atoms with van der Waals surface area (Å²) in [6.07, 6.45) is 5.63. The van der Waals surface area contributed by atoms with Crippen LogP contribution in [0, 0.1) is 11.8 Å². The van der Waals surface area contributed by atoms with E-state index in [1.54, 1.807) is 23.8 Å². The molecule has 3 N–H and O–H groups in total. The van der Waals surface area contributed by atoms with Gasteiger partial charge < -0.3 is 35.1 Å². The van der Waals surface area contributed by atoms with Crippen molar-refractivity contribution in [3.8, 4) is 0 Å². The Labute approximate surface area is 277 Å². The van der Waals surface area contributed by atoms with Crippen molar-refractivity contribution in [2.75, 3.05) is 41.5 Å². The number of likely N-dealkylation sites (N-methyl/N-ethyl adjacent to an activating group) is 1.